The van der Waals surface area contributed by atoms with Gasteiger partial charge in [-0.2, -0.15) is 8.78 Å². The fourth-order valence-electron chi connectivity index (χ4n) is 8.43. The smallest absolute Gasteiger partial charge is 0.408 e. The molecule has 4 fully saturated rings. The molecule has 7 rings (SSSR count). The van der Waals surface area contributed by atoms with Crippen molar-refractivity contribution in [2.24, 2.45) is 23.2 Å². The SMILES string of the molecule is CCC1C2CN(C(=O)C(C(C)(C)C)NC(=O)OC3CC3CCCCC(F)(F)c3nc4ccc(OC)cc4nc3O2)C1C(=O)NC1(C(=O)NS(=O)(=O)C2(C)CC2)CC1C(F)F. The van der Waals surface area contributed by atoms with Crippen molar-refractivity contribution in [1.29, 1.82) is 0 Å². The van der Waals surface area contributed by atoms with Crippen LogP contribution in [0.25, 0.3) is 11.0 Å². The van der Waals surface area contributed by atoms with E-state index >= 15 is 8.78 Å². The van der Waals surface area contributed by atoms with Crippen LogP contribution >= 0.6 is 0 Å². The number of alkyl carbamates (subject to hydrolysis) is 1. The first-order chi connectivity index (χ1) is 28.0. The molecule has 2 bridgehead atoms. The molecule has 15 nitrogen and oxygen atoms in total. The van der Waals surface area contributed by atoms with Gasteiger partial charge in [-0.1, -0.05) is 34.1 Å². The lowest BCUT2D eigenvalue weighted by molar-refractivity contribution is -0.144. The van der Waals surface area contributed by atoms with Gasteiger partial charge in [-0.25, -0.2) is 32.0 Å². The van der Waals surface area contributed by atoms with Crippen LogP contribution in [-0.4, -0.2) is 102 Å². The number of methoxy groups -OCH3 is 1. The average molecular weight is 869 g/mol. The summed E-state index contributed by atoms with van der Waals surface area (Å²) in [4.78, 5) is 66.3. The number of ether oxygens (including phenoxy) is 3. The number of fused-ring (bicyclic) bond motifs is 5. The Morgan fingerprint density at radius 3 is 2.40 bits per heavy atom. The number of sulfonamides is 1. The Balaban J connectivity index is 1.30. The maximum absolute atomic E-state index is 16.3. The Labute approximate surface area is 345 Å². The highest BCUT2D eigenvalue weighted by molar-refractivity contribution is 7.91. The molecule has 3 heterocycles. The van der Waals surface area contributed by atoms with Crippen LogP contribution in [0.5, 0.6) is 11.6 Å². The number of hydrogen-bond donors (Lipinski definition) is 3. The van der Waals surface area contributed by atoms with Gasteiger partial charge in [0.1, 0.15) is 35.6 Å². The van der Waals surface area contributed by atoms with E-state index in [1.165, 1.54) is 26.2 Å². The summed E-state index contributed by atoms with van der Waals surface area (Å²) >= 11 is 0. The van der Waals surface area contributed by atoms with E-state index in [9.17, 15) is 36.4 Å². The maximum atomic E-state index is 16.3. The van der Waals surface area contributed by atoms with Gasteiger partial charge in [0.25, 0.3) is 11.8 Å². The van der Waals surface area contributed by atoms with Gasteiger partial charge in [-0.15, -0.1) is 0 Å². The van der Waals surface area contributed by atoms with Crippen LogP contribution in [0, 0.1) is 23.2 Å². The first-order valence-electron chi connectivity index (χ1n) is 20.4. The van der Waals surface area contributed by atoms with Crippen LogP contribution in [0.15, 0.2) is 18.2 Å². The number of benzene rings is 1. The van der Waals surface area contributed by atoms with Crippen LogP contribution in [0.1, 0.15) is 98.1 Å². The summed E-state index contributed by atoms with van der Waals surface area (Å²) in [5, 5.41) is 5.06. The van der Waals surface area contributed by atoms with Crippen LogP contribution in [0.2, 0.25) is 0 Å². The molecule has 8 unspecified atom stereocenters. The number of nitrogens with one attached hydrogen (secondary N) is 3. The first kappa shape index (κ1) is 43.6. The molecule has 0 spiro atoms. The first-order valence-corrected chi connectivity index (χ1v) is 21.9. The standard InChI is InChI=1S/C40H52F4N6O9S/c1-7-22-27-19-50(28(22)32(51)48-39(18-23(39)31(41)42)35(53)49-60(55,56)38(5)14-15-38)34(52)30(37(2,3)4)47-36(54)59-26-16-20(26)10-8-9-13-40(43,44)29-33(58-27)46-25-17-21(57-6)11-12-24(25)45-29/h11-12,17,20,22-23,26-28,30-31H,7-10,13-16,18-19H2,1-6H3,(H,47,54)(H,48,51)(H,49,53). The van der Waals surface area contributed by atoms with Crippen molar-refractivity contribution < 1.29 is 59.4 Å². The van der Waals surface area contributed by atoms with Gasteiger partial charge in [0.2, 0.25) is 34.1 Å². The predicted molar refractivity (Wildman–Crippen MR) is 207 cm³/mol. The van der Waals surface area contributed by atoms with Gasteiger partial charge in [0.05, 0.1) is 35.4 Å². The molecule has 5 aliphatic rings. The highest BCUT2D eigenvalue weighted by Gasteiger charge is 2.68. The minimum atomic E-state index is -4.31. The van der Waals surface area contributed by atoms with Crippen LogP contribution < -0.4 is 24.8 Å². The molecule has 1 aromatic heterocycles. The van der Waals surface area contributed by atoms with E-state index in [1.807, 2.05) is 4.72 Å². The van der Waals surface area contributed by atoms with Gasteiger partial charge >= 0.3 is 6.09 Å². The molecule has 8 atom stereocenters. The van der Waals surface area contributed by atoms with E-state index in [0.717, 1.165) is 4.90 Å². The van der Waals surface area contributed by atoms with E-state index in [2.05, 4.69) is 20.6 Å². The Morgan fingerprint density at radius 1 is 1.07 bits per heavy atom. The summed E-state index contributed by atoms with van der Waals surface area (Å²) in [5.41, 5.74) is -3.83. The zero-order chi connectivity index (χ0) is 43.7. The number of hydrogen-bond acceptors (Lipinski definition) is 11. The second-order valence-corrected chi connectivity index (χ2v) is 20.4. The van der Waals surface area contributed by atoms with Crippen molar-refractivity contribution in [2.75, 3.05) is 13.7 Å². The van der Waals surface area contributed by atoms with E-state index in [1.54, 1.807) is 33.8 Å². The van der Waals surface area contributed by atoms with Gasteiger partial charge in [-0.3, -0.25) is 19.1 Å². The third kappa shape index (κ3) is 8.28. The Bertz CT molecular complexity index is 2170. The Morgan fingerprint density at radius 2 is 1.78 bits per heavy atom. The Kier molecular flexibility index (Phi) is 11.2. The quantitative estimate of drug-likeness (QED) is 0.304. The third-order valence-electron chi connectivity index (χ3n) is 12.8. The van der Waals surface area contributed by atoms with Crippen molar-refractivity contribution in [1.82, 2.24) is 30.2 Å². The van der Waals surface area contributed by atoms with Gasteiger partial charge < -0.3 is 29.7 Å². The Hall–Kier alpha value is -4.49. The molecule has 3 N–H and O–H groups in total. The van der Waals surface area contributed by atoms with E-state index < -0.39 is 129 Å². The number of carbonyl (C=O) groups is 4. The highest BCUT2D eigenvalue weighted by Crippen LogP contribution is 2.50. The predicted octanol–water partition coefficient (Wildman–Crippen LogP) is 4.96. The number of amides is 4. The number of alkyl halides is 4. The summed E-state index contributed by atoms with van der Waals surface area (Å²) in [6.45, 7) is 7.62. The van der Waals surface area contributed by atoms with Crippen LogP contribution in [-0.2, 0) is 35.1 Å². The fraction of sp³-hybridized carbons (Fsp3) is 0.700. The van der Waals surface area contributed by atoms with Crippen molar-refractivity contribution in [3.63, 3.8) is 0 Å². The molecule has 20 heteroatoms. The van der Waals surface area contributed by atoms with Crippen LogP contribution in [0.3, 0.4) is 0 Å². The normalized spacial score (nSPS) is 31.3. The maximum Gasteiger partial charge on any atom is 0.408 e. The van der Waals surface area contributed by atoms with Gasteiger partial charge in [0.15, 0.2) is 5.69 Å². The summed E-state index contributed by atoms with van der Waals surface area (Å²) in [6.07, 6.45) is -4.91. The average Bonchev–Trinajstić information content (AvgIpc) is 4.12. The number of rotatable bonds is 8. The molecular formula is C40H52F4N6O9S. The molecule has 1 saturated heterocycles. The number of halogens is 4. The summed E-state index contributed by atoms with van der Waals surface area (Å²) < 4.78 is 105. The van der Waals surface area contributed by atoms with Crippen molar-refractivity contribution in [3.8, 4) is 11.6 Å². The lowest BCUT2D eigenvalue weighted by Gasteiger charge is -2.36. The van der Waals surface area contributed by atoms with Crippen molar-refractivity contribution in [2.45, 2.75) is 139 Å². The van der Waals surface area contributed by atoms with E-state index in [4.69, 9.17) is 14.2 Å². The van der Waals surface area contributed by atoms with Crippen molar-refractivity contribution in [3.05, 3.63) is 23.9 Å². The molecule has 3 aliphatic carbocycles. The van der Waals surface area contributed by atoms with Crippen molar-refractivity contribution >= 4 is 44.9 Å². The van der Waals surface area contributed by atoms with Crippen LogP contribution in [0.4, 0.5) is 22.4 Å². The molecule has 60 heavy (non-hydrogen) atoms. The van der Waals surface area contributed by atoms with Gasteiger partial charge in [0, 0.05) is 18.4 Å². The summed E-state index contributed by atoms with van der Waals surface area (Å²) in [6, 6.07) is 1.59. The number of aromatic nitrogens is 2. The largest absolute Gasteiger partial charge is 0.497 e. The topological polar surface area (TPSA) is 195 Å². The minimum absolute atomic E-state index is 0.0516. The summed E-state index contributed by atoms with van der Waals surface area (Å²) in [7, 11) is -2.89. The molecule has 2 aliphatic heterocycles. The number of nitrogens with zero attached hydrogens (tertiary/aromatic N) is 3. The molecule has 2 aromatic rings. The lowest BCUT2D eigenvalue weighted by Crippen LogP contribution is -2.61. The zero-order valence-electron chi connectivity index (χ0n) is 34.4. The monoisotopic (exact) mass is 868 g/mol. The molecule has 3 saturated carbocycles. The lowest BCUT2D eigenvalue weighted by atomic mass is 9.85. The zero-order valence-corrected chi connectivity index (χ0v) is 35.2. The minimum Gasteiger partial charge on any atom is -0.497 e. The third-order valence-corrected chi connectivity index (χ3v) is 14.9. The highest BCUT2D eigenvalue weighted by atomic mass is 32.2. The van der Waals surface area contributed by atoms with E-state index in [-0.39, 0.29) is 42.6 Å². The molecule has 4 amide bonds. The van der Waals surface area contributed by atoms with Gasteiger partial charge in [-0.05, 0) is 75.3 Å². The fourth-order valence-corrected chi connectivity index (χ4v) is 9.74. The molecule has 330 valence electrons. The summed E-state index contributed by atoms with van der Waals surface area (Å²) in [5.74, 6) is -9.85. The van der Waals surface area contributed by atoms with E-state index in [0.29, 0.717) is 25.0 Å². The molecular weight excluding hydrogens is 817 g/mol. The number of carbonyl (C=O) groups excluding carboxylic acids is 4. The second kappa shape index (κ2) is 15.4. The molecule has 0 radical (unpaired) electrons. The molecule has 1 aromatic carbocycles. The second-order valence-electron chi connectivity index (χ2n) is 18.2.